The standard InChI is InChI=1S/C23H21N3/c1-3-25-21-12-8-7-11-19(21)20-15-18(13-14-22(20)25)26-23(16-24(26)2)17-9-5-4-6-10-17/h4-16H,3H2,1-2H3. The highest BCUT2D eigenvalue weighted by Gasteiger charge is 2.15. The van der Waals surface area contributed by atoms with Crippen LogP contribution in [-0.2, 0) is 13.6 Å². The molecule has 0 unspecified atom stereocenters. The third kappa shape index (κ3) is 2.07. The SMILES string of the molecule is CCn1c2ccccc2c2cc(-n3c(-c4ccccc4)cn3C)ccc21. The van der Waals surface area contributed by atoms with Crippen LogP contribution in [0.15, 0.2) is 79.0 Å². The van der Waals surface area contributed by atoms with Crippen molar-refractivity contribution in [3.8, 4) is 16.9 Å². The topological polar surface area (TPSA) is 14.8 Å². The zero-order chi connectivity index (χ0) is 17.7. The van der Waals surface area contributed by atoms with Crippen molar-refractivity contribution in [3.05, 3.63) is 79.0 Å². The second kappa shape index (κ2) is 5.67. The fraction of sp³-hybridized carbons (Fsp3) is 0.130. The van der Waals surface area contributed by atoms with E-state index in [2.05, 4.69) is 107 Å². The number of hydrogen-bond acceptors (Lipinski definition) is 0. The Morgan fingerprint density at radius 2 is 1.50 bits per heavy atom. The van der Waals surface area contributed by atoms with Crippen LogP contribution < -0.4 is 0 Å². The molecule has 0 radical (unpaired) electrons. The largest absolute Gasteiger partial charge is 0.341 e. The van der Waals surface area contributed by atoms with Crippen LogP contribution in [0.3, 0.4) is 0 Å². The number of rotatable bonds is 3. The fourth-order valence-electron chi connectivity index (χ4n) is 4.04. The minimum Gasteiger partial charge on any atom is -0.341 e. The highest BCUT2D eigenvalue weighted by Crippen LogP contribution is 2.32. The summed E-state index contributed by atoms with van der Waals surface area (Å²) < 4.78 is 6.80. The smallest absolute Gasteiger partial charge is 0.0882 e. The van der Waals surface area contributed by atoms with E-state index in [0.29, 0.717) is 0 Å². The molecule has 0 spiro atoms. The second-order valence-electron chi connectivity index (χ2n) is 6.73. The summed E-state index contributed by atoms with van der Waals surface area (Å²) >= 11 is 0. The number of para-hydroxylation sites is 1. The molecule has 0 aliphatic carbocycles. The first-order valence-electron chi connectivity index (χ1n) is 9.09. The van der Waals surface area contributed by atoms with Gasteiger partial charge in [0, 0.05) is 47.2 Å². The molecule has 0 amide bonds. The summed E-state index contributed by atoms with van der Waals surface area (Å²) in [5.74, 6) is 0. The summed E-state index contributed by atoms with van der Waals surface area (Å²) in [6, 6.07) is 26.0. The highest BCUT2D eigenvalue weighted by atomic mass is 15.4. The van der Waals surface area contributed by atoms with Gasteiger partial charge in [0.2, 0.25) is 0 Å². The maximum absolute atomic E-state index is 2.39. The lowest BCUT2D eigenvalue weighted by Gasteiger charge is -2.24. The fourth-order valence-corrected chi connectivity index (χ4v) is 4.04. The van der Waals surface area contributed by atoms with Gasteiger partial charge in [-0.05, 0) is 31.2 Å². The Hall–Kier alpha value is -3.20. The third-order valence-electron chi connectivity index (χ3n) is 5.24. The summed E-state index contributed by atoms with van der Waals surface area (Å²) in [6.45, 7) is 3.18. The number of aryl methyl sites for hydroxylation is 2. The predicted molar refractivity (Wildman–Crippen MR) is 109 cm³/mol. The molecule has 26 heavy (non-hydrogen) atoms. The third-order valence-corrected chi connectivity index (χ3v) is 5.24. The van der Waals surface area contributed by atoms with Crippen LogP contribution in [0, 0.1) is 0 Å². The quantitative estimate of drug-likeness (QED) is 0.406. The number of aromatic nitrogens is 3. The summed E-state index contributed by atoms with van der Waals surface area (Å²) in [5.41, 5.74) is 6.26. The van der Waals surface area contributed by atoms with Gasteiger partial charge in [-0.15, -0.1) is 0 Å². The molecule has 0 fully saturated rings. The Kier molecular flexibility index (Phi) is 3.29. The summed E-state index contributed by atoms with van der Waals surface area (Å²) in [4.78, 5) is 0. The lowest BCUT2D eigenvalue weighted by molar-refractivity contribution is 0.597. The van der Waals surface area contributed by atoms with Crippen LogP contribution in [0.1, 0.15) is 6.92 Å². The molecule has 0 aliphatic heterocycles. The molecule has 3 aromatic carbocycles. The van der Waals surface area contributed by atoms with Gasteiger partial charge in [0.1, 0.15) is 0 Å². The van der Waals surface area contributed by atoms with Gasteiger partial charge in [-0.3, -0.25) is 9.36 Å². The molecular formula is C23H21N3. The lowest BCUT2D eigenvalue weighted by atomic mass is 10.1. The predicted octanol–water partition coefficient (Wildman–Crippen LogP) is 5.61. The summed E-state index contributed by atoms with van der Waals surface area (Å²) in [5, 5.41) is 2.63. The zero-order valence-electron chi connectivity index (χ0n) is 15.1. The molecule has 5 aromatic rings. The van der Waals surface area contributed by atoms with E-state index in [0.717, 1.165) is 6.54 Å². The van der Waals surface area contributed by atoms with Crippen LogP contribution >= 0.6 is 0 Å². The van der Waals surface area contributed by atoms with Crippen molar-refractivity contribution >= 4 is 21.8 Å². The Labute approximate surface area is 152 Å². The number of benzene rings is 3. The first kappa shape index (κ1) is 15.1. The molecule has 0 bridgehead atoms. The van der Waals surface area contributed by atoms with Gasteiger partial charge >= 0.3 is 0 Å². The summed E-state index contributed by atoms with van der Waals surface area (Å²) in [6.07, 6.45) is 2.18. The molecule has 0 saturated carbocycles. The van der Waals surface area contributed by atoms with Gasteiger partial charge in [0.25, 0.3) is 0 Å². The van der Waals surface area contributed by atoms with Crippen LogP contribution in [0.2, 0.25) is 0 Å². The molecule has 2 heterocycles. The highest BCUT2D eigenvalue weighted by molar-refractivity contribution is 6.08. The molecule has 3 nitrogen and oxygen atoms in total. The van der Waals surface area contributed by atoms with E-state index >= 15 is 0 Å². The van der Waals surface area contributed by atoms with E-state index in [4.69, 9.17) is 0 Å². The lowest BCUT2D eigenvalue weighted by Crippen LogP contribution is -2.19. The van der Waals surface area contributed by atoms with Crippen molar-refractivity contribution < 1.29 is 0 Å². The van der Waals surface area contributed by atoms with Crippen LogP contribution in [0.5, 0.6) is 0 Å². The van der Waals surface area contributed by atoms with Crippen LogP contribution in [-0.4, -0.2) is 13.9 Å². The molecule has 5 rings (SSSR count). The van der Waals surface area contributed by atoms with Gasteiger partial charge in [0.15, 0.2) is 0 Å². The maximum Gasteiger partial charge on any atom is 0.0882 e. The van der Waals surface area contributed by atoms with Gasteiger partial charge in [-0.2, -0.15) is 0 Å². The molecule has 3 heteroatoms. The van der Waals surface area contributed by atoms with E-state index < -0.39 is 0 Å². The van der Waals surface area contributed by atoms with E-state index in [1.54, 1.807) is 0 Å². The molecule has 0 aliphatic rings. The monoisotopic (exact) mass is 339 g/mol. The first-order chi connectivity index (χ1) is 12.8. The van der Waals surface area contributed by atoms with Crippen molar-refractivity contribution in [1.29, 1.82) is 0 Å². The average molecular weight is 339 g/mol. The van der Waals surface area contributed by atoms with Gasteiger partial charge in [-0.1, -0.05) is 48.5 Å². The molecule has 2 aromatic heterocycles. The zero-order valence-corrected chi connectivity index (χ0v) is 15.1. The van der Waals surface area contributed by atoms with E-state index in [1.807, 2.05) is 0 Å². The van der Waals surface area contributed by atoms with E-state index in [-0.39, 0.29) is 0 Å². The average Bonchev–Trinajstić information content (AvgIpc) is 3.00. The Bertz CT molecular complexity index is 1220. The Balaban J connectivity index is 1.74. The Morgan fingerprint density at radius 1 is 0.769 bits per heavy atom. The summed E-state index contributed by atoms with van der Waals surface area (Å²) in [7, 11) is 2.09. The molecule has 0 N–H and O–H groups in total. The number of fused-ring (bicyclic) bond motifs is 3. The van der Waals surface area contributed by atoms with Crippen LogP contribution in [0.25, 0.3) is 38.8 Å². The maximum atomic E-state index is 2.39. The number of nitrogens with zero attached hydrogens (tertiary/aromatic N) is 3. The van der Waals surface area contributed by atoms with Crippen molar-refractivity contribution in [2.24, 2.45) is 7.05 Å². The van der Waals surface area contributed by atoms with Crippen molar-refractivity contribution in [3.63, 3.8) is 0 Å². The van der Waals surface area contributed by atoms with Crippen molar-refractivity contribution in [2.75, 3.05) is 0 Å². The van der Waals surface area contributed by atoms with E-state index in [9.17, 15) is 0 Å². The van der Waals surface area contributed by atoms with Gasteiger partial charge in [-0.25, -0.2) is 0 Å². The minimum atomic E-state index is 0.974. The van der Waals surface area contributed by atoms with Gasteiger partial charge in [0.05, 0.1) is 11.4 Å². The Morgan fingerprint density at radius 3 is 2.27 bits per heavy atom. The molecule has 0 saturated heterocycles. The van der Waals surface area contributed by atoms with E-state index in [1.165, 1.54) is 38.8 Å². The minimum absolute atomic E-state index is 0.974. The van der Waals surface area contributed by atoms with Crippen molar-refractivity contribution in [1.82, 2.24) is 13.9 Å². The van der Waals surface area contributed by atoms with Crippen molar-refractivity contribution in [2.45, 2.75) is 13.5 Å². The molecule has 0 atom stereocenters. The first-order valence-corrected chi connectivity index (χ1v) is 9.09. The molecule has 128 valence electrons. The normalized spacial score (nSPS) is 11.6. The molecular weight excluding hydrogens is 318 g/mol. The van der Waals surface area contributed by atoms with Crippen LogP contribution in [0.4, 0.5) is 0 Å². The van der Waals surface area contributed by atoms with Gasteiger partial charge < -0.3 is 4.57 Å². The second-order valence-corrected chi connectivity index (χ2v) is 6.73. The number of hydrogen-bond donors (Lipinski definition) is 0.